The minimum atomic E-state index is -4.47. The molecule has 4 aromatic rings. The molecular weight excluding hydrogens is 428 g/mol. The third-order valence-electron chi connectivity index (χ3n) is 4.57. The smallest absolute Gasteiger partial charge is 0.417 e. The molecule has 1 aromatic carbocycles. The van der Waals surface area contributed by atoms with Crippen LogP contribution in [0.25, 0.3) is 22.6 Å². The zero-order valence-electron chi connectivity index (χ0n) is 16.7. The number of H-pyrrole nitrogens is 1. The van der Waals surface area contributed by atoms with E-state index < -0.39 is 17.7 Å². The van der Waals surface area contributed by atoms with Gasteiger partial charge < -0.3 is 14.5 Å². The van der Waals surface area contributed by atoms with Gasteiger partial charge in [-0.2, -0.15) is 17.6 Å². The normalized spacial score (nSPS) is 11.4. The molecule has 0 saturated carbocycles. The molecule has 0 aliphatic carbocycles. The van der Waals surface area contributed by atoms with Gasteiger partial charge in [0.05, 0.1) is 24.6 Å². The van der Waals surface area contributed by atoms with E-state index in [-0.39, 0.29) is 12.2 Å². The molecule has 0 aliphatic heterocycles. The fraction of sp³-hybridized carbons (Fsp3) is 0.136. The van der Waals surface area contributed by atoms with E-state index in [4.69, 9.17) is 9.47 Å². The van der Waals surface area contributed by atoms with Crippen LogP contribution in [-0.4, -0.2) is 27.0 Å². The van der Waals surface area contributed by atoms with Gasteiger partial charge >= 0.3 is 6.18 Å². The Morgan fingerprint density at radius 2 is 1.81 bits per heavy atom. The number of aromatic nitrogens is 4. The van der Waals surface area contributed by atoms with Crippen molar-refractivity contribution in [2.45, 2.75) is 12.8 Å². The summed E-state index contributed by atoms with van der Waals surface area (Å²) in [6.45, 7) is -0.0921. The van der Waals surface area contributed by atoms with Crippen molar-refractivity contribution in [3.05, 3.63) is 78.3 Å². The lowest BCUT2D eigenvalue weighted by Crippen LogP contribution is -2.07. The predicted molar refractivity (Wildman–Crippen MR) is 107 cm³/mol. The molecule has 0 unspecified atom stereocenters. The van der Waals surface area contributed by atoms with Crippen LogP contribution < -0.4 is 9.47 Å². The van der Waals surface area contributed by atoms with Crippen LogP contribution in [0.1, 0.15) is 11.1 Å². The third kappa shape index (κ3) is 4.69. The molecule has 0 spiro atoms. The van der Waals surface area contributed by atoms with Crippen molar-refractivity contribution < 1.29 is 27.0 Å². The first-order chi connectivity index (χ1) is 15.3. The molecule has 3 aromatic heterocycles. The second kappa shape index (κ2) is 8.66. The second-order valence-corrected chi connectivity index (χ2v) is 6.75. The van der Waals surface area contributed by atoms with E-state index in [1.807, 2.05) is 0 Å². The van der Waals surface area contributed by atoms with Gasteiger partial charge in [0.1, 0.15) is 23.9 Å². The average molecular weight is 444 g/mol. The minimum Gasteiger partial charge on any atom is -0.496 e. The Bertz CT molecular complexity index is 1220. The Morgan fingerprint density at radius 1 is 0.969 bits per heavy atom. The number of imidazole rings is 1. The highest BCUT2D eigenvalue weighted by molar-refractivity contribution is 5.70. The van der Waals surface area contributed by atoms with Crippen LogP contribution in [0.2, 0.25) is 0 Å². The highest BCUT2D eigenvalue weighted by atomic mass is 19.4. The third-order valence-corrected chi connectivity index (χ3v) is 4.57. The predicted octanol–water partition coefficient (Wildman–Crippen LogP) is 5.28. The number of hydrogen-bond donors (Lipinski definition) is 1. The second-order valence-electron chi connectivity index (χ2n) is 6.75. The van der Waals surface area contributed by atoms with Crippen molar-refractivity contribution in [3.63, 3.8) is 0 Å². The first-order valence-electron chi connectivity index (χ1n) is 9.33. The number of pyridine rings is 2. The van der Waals surface area contributed by atoms with Crippen molar-refractivity contribution in [1.82, 2.24) is 19.9 Å². The van der Waals surface area contributed by atoms with Crippen LogP contribution in [0.15, 0.2) is 61.2 Å². The first kappa shape index (κ1) is 21.3. The number of methoxy groups -OCH3 is 1. The Hall–Kier alpha value is -3.95. The Kier molecular flexibility index (Phi) is 5.76. The van der Waals surface area contributed by atoms with Crippen LogP contribution in [0.4, 0.5) is 17.6 Å². The summed E-state index contributed by atoms with van der Waals surface area (Å²) in [6.07, 6.45) is 0.584. The lowest BCUT2D eigenvalue weighted by atomic mass is 10.1. The standard InChI is InChI=1S/C22H16F4N4O2/c1-31-19-7-16(32-12-13-6-15(10-27-8-13)22(24,25)26)3-4-17(19)18-11-29-21(30-18)14-2-5-20(23)28-9-14/h2-11H,12H2,1H3,(H,29,30). The summed E-state index contributed by atoms with van der Waals surface area (Å²) in [7, 11) is 1.49. The summed E-state index contributed by atoms with van der Waals surface area (Å²) in [6, 6.07) is 8.81. The van der Waals surface area contributed by atoms with Crippen LogP contribution in [0.5, 0.6) is 11.5 Å². The quantitative estimate of drug-likeness (QED) is 0.324. The highest BCUT2D eigenvalue weighted by Crippen LogP contribution is 2.34. The molecule has 6 nitrogen and oxygen atoms in total. The number of nitrogens with one attached hydrogen (secondary N) is 1. The van der Waals surface area contributed by atoms with E-state index in [1.165, 1.54) is 25.6 Å². The summed E-state index contributed by atoms with van der Waals surface area (Å²) in [5.41, 5.74) is 1.40. The molecule has 0 atom stereocenters. The maximum Gasteiger partial charge on any atom is 0.417 e. The van der Waals surface area contributed by atoms with Crippen LogP contribution >= 0.6 is 0 Å². The van der Waals surface area contributed by atoms with Crippen LogP contribution in [0, 0.1) is 5.95 Å². The van der Waals surface area contributed by atoms with Crippen molar-refractivity contribution >= 4 is 0 Å². The van der Waals surface area contributed by atoms with Gasteiger partial charge in [0.25, 0.3) is 0 Å². The fourth-order valence-electron chi connectivity index (χ4n) is 2.99. The average Bonchev–Trinajstić information content (AvgIpc) is 3.27. The molecule has 0 fully saturated rings. The van der Waals surface area contributed by atoms with Crippen molar-refractivity contribution in [3.8, 4) is 34.1 Å². The number of benzene rings is 1. The molecule has 164 valence electrons. The monoisotopic (exact) mass is 444 g/mol. The summed E-state index contributed by atoms with van der Waals surface area (Å²) in [5.74, 6) is 0.799. The zero-order chi connectivity index (χ0) is 22.7. The highest BCUT2D eigenvalue weighted by Gasteiger charge is 2.31. The zero-order valence-corrected chi connectivity index (χ0v) is 16.7. The molecule has 1 N–H and O–H groups in total. The van der Waals surface area contributed by atoms with Crippen molar-refractivity contribution in [2.24, 2.45) is 0 Å². The van der Waals surface area contributed by atoms with E-state index in [0.29, 0.717) is 34.1 Å². The van der Waals surface area contributed by atoms with E-state index in [0.717, 1.165) is 12.3 Å². The SMILES string of the molecule is COc1cc(OCc2cncc(C(F)(F)F)c2)ccc1-c1cnc(-c2ccc(F)nc2)[nH]1. The van der Waals surface area contributed by atoms with Gasteiger partial charge in [0.15, 0.2) is 0 Å². The number of rotatable bonds is 6. The molecule has 4 rings (SSSR count). The number of ether oxygens (including phenoxy) is 2. The van der Waals surface area contributed by atoms with E-state index in [9.17, 15) is 17.6 Å². The van der Waals surface area contributed by atoms with Gasteiger partial charge in [-0.25, -0.2) is 9.97 Å². The Morgan fingerprint density at radius 3 is 2.53 bits per heavy atom. The largest absolute Gasteiger partial charge is 0.496 e. The summed E-state index contributed by atoms with van der Waals surface area (Å²) < 4.78 is 62.6. The minimum absolute atomic E-state index is 0.0921. The lowest BCUT2D eigenvalue weighted by Gasteiger charge is -2.12. The molecule has 3 heterocycles. The Balaban J connectivity index is 1.52. The van der Waals surface area contributed by atoms with E-state index in [2.05, 4.69) is 19.9 Å². The van der Waals surface area contributed by atoms with Crippen molar-refractivity contribution in [1.29, 1.82) is 0 Å². The summed E-state index contributed by atoms with van der Waals surface area (Å²) in [4.78, 5) is 14.7. The summed E-state index contributed by atoms with van der Waals surface area (Å²) in [5, 5.41) is 0. The van der Waals surface area contributed by atoms with E-state index >= 15 is 0 Å². The maximum absolute atomic E-state index is 13.0. The first-order valence-corrected chi connectivity index (χ1v) is 9.33. The molecule has 0 amide bonds. The number of alkyl halides is 3. The molecule has 0 saturated heterocycles. The number of aromatic amines is 1. The lowest BCUT2D eigenvalue weighted by molar-refractivity contribution is -0.137. The van der Waals surface area contributed by atoms with Crippen molar-refractivity contribution in [2.75, 3.05) is 7.11 Å². The molecule has 0 aliphatic rings. The fourth-order valence-corrected chi connectivity index (χ4v) is 2.99. The summed E-state index contributed by atoms with van der Waals surface area (Å²) >= 11 is 0. The Labute approximate surface area is 179 Å². The number of nitrogens with zero attached hydrogens (tertiary/aromatic N) is 3. The van der Waals surface area contributed by atoms with Gasteiger partial charge in [0, 0.05) is 41.3 Å². The number of halogens is 4. The van der Waals surface area contributed by atoms with Gasteiger partial charge in [-0.3, -0.25) is 4.98 Å². The molecule has 32 heavy (non-hydrogen) atoms. The van der Waals surface area contributed by atoms with Gasteiger partial charge in [-0.15, -0.1) is 0 Å². The number of hydrogen-bond acceptors (Lipinski definition) is 5. The maximum atomic E-state index is 13.0. The molecular formula is C22H16F4N4O2. The van der Waals surface area contributed by atoms with Gasteiger partial charge in [0.2, 0.25) is 5.95 Å². The van der Waals surface area contributed by atoms with E-state index in [1.54, 1.807) is 30.5 Å². The van der Waals surface area contributed by atoms with Crippen LogP contribution in [0.3, 0.4) is 0 Å². The molecule has 0 radical (unpaired) electrons. The van der Waals surface area contributed by atoms with Gasteiger partial charge in [-0.05, 0) is 30.3 Å². The van der Waals surface area contributed by atoms with Gasteiger partial charge in [-0.1, -0.05) is 0 Å². The topological polar surface area (TPSA) is 72.9 Å². The van der Waals surface area contributed by atoms with Crippen LogP contribution in [-0.2, 0) is 12.8 Å². The molecule has 10 heteroatoms. The molecule has 0 bridgehead atoms.